The normalized spacial score (nSPS) is 26.2. The molecule has 136 valence electrons. The van der Waals surface area contributed by atoms with Crippen LogP contribution in [0.5, 0.6) is 0 Å². The first-order valence-electron chi connectivity index (χ1n) is 8.05. The molecule has 5 nitrogen and oxygen atoms in total. The molecule has 0 radical (unpaired) electrons. The van der Waals surface area contributed by atoms with Crippen molar-refractivity contribution in [3.63, 3.8) is 0 Å². The van der Waals surface area contributed by atoms with E-state index in [1.54, 1.807) is 6.92 Å². The summed E-state index contributed by atoms with van der Waals surface area (Å²) in [6, 6.07) is 0.120. The maximum Gasteiger partial charge on any atom is 0.451 e. The maximum absolute atomic E-state index is 12.7. The molecule has 0 spiro atoms. The van der Waals surface area contributed by atoms with E-state index in [4.69, 9.17) is 0 Å². The highest BCUT2D eigenvalue weighted by Crippen LogP contribution is 2.32. The largest absolute Gasteiger partial charge is 0.451 e. The van der Waals surface area contributed by atoms with Crippen LogP contribution in [0.4, 0.5) is 13.2 Å². The third-order valence-corrected chi connectivity index (χ3v) is 5.91. The van der Waals surface area contributed by atoms with Gasteiger partial charge in [0.05, 0.1) is 5.25 Å². The molecule has 9 heteroatoms. The zero-order valence-corrected chi connectivity index (χ0v) is 15.0. The number of amides is 1. The topological polar surface area (TPSA) is 59.8 Å². The number of alkyl halides is 3. The minimum absolute atomic E-state index is 0.0787. The summed E-state index contributed by atoms with van der Waals surface area (Å²) in [7, 11) is 1.25. The van der Waals surface area contributed by atoms with Gasteiger partial charge in [0.1, 0.15) is 0 Å². The number of aromatic nitrogens is 3. The van der Waals surface area contributed by atoms with Crippen molar-refractivity contribution in [1.29, 1.82) is 0 Å². The van der Waals surface area contributed by atoms with E-state index in [1.165, 1.54) is 7.05 Å². The van der Waals surface area contributed by atoms with Crippen LogP contribution >= 0.6 is 11.8 Å². The number of hydrogen-bond acceptors (Lipinski definition) is 4. The number of thioether (sulfide) groups is 1. The Hall–Kier alpha value is -1.25. The van der Waals surface area contributed by atoms with Gasteiger partial charge < -0.3 is 9.88 Å². The van der Waals surface area contributed by atoms with Crippen LogP contribution in [0.3, 0.4) is 0 Å². The lowest BCUT2D eigenvalue weighted by Crippen LogP contribution is -2.46. The van der Waals surface area contributed by atoms with Crippen LogP contribution in [0, 0.1) is 11.8 Å². The molecule has 1 fully saturated rings. The zero-order valence-electron chi connectivity index (χ0n) is 14.2. The minimum atomic E-state index is -4.56. The number of carbonyl (C=O) groups is 1. The van der Waals surface area contributed by atoms with E-state index in [9.17, 15) is 18.0 Å². The van der Waals surface area contributed by atoms with Gasteiger partial charge in [-0.1, -0.05) is 38.5 Å². The van der Waals surface area contributed by atoms with Gasteiger partial charge in [0.2, 0.25) is 11.7 Å². The molecule has 1 saturated carbocycles. The second kappa shape index (κ2) is 7.33. The molecule has 1 aromatic rings. The lowest BCUT2D eigenvalue weighted by atomic mass is 9.78. The van der Waals surface area contributed by atoms with Gasteiger partial charge in [0, 0.05) is 13.1 Å². The van der Waals surface area contributed by atoms with E-state index in [1.807, 2.05) is 0 Å². The van der Waals surface area contributed by atoms with Gasteiger partial charge in [-0.05, 0) is 25.2 Å². The predicted molar refractivity (Wildman–Crippen MR) is 85.4 cm³/mol. The highest BCUT2D eigenvalue weighted by atomic mass is 32.2. The van der Waals surface area contributed by atoms with Crippen LogP contribution < -0.4 is 5.32 Å². The summed E-state index contributed by atoms with van der Waals surface area (Å²) in [6.45, 7) is 5.98. The number of carbonyl (C=O) groups excluding carboxylic acids is 1. The van der Waals surface area contributed by atoms with Crippen LogP contribution in [0.2, 0.25) is 0 Å². The van der Waals surface area contributed by atoms with Crippen molar-refractivity contribution in [2.75, 3.05) is 0 Å². The molecule has 1 aliphatic carbocycles. The quantitative estimate of drug-likeness (QED) is 0.833. The van der Waals surface area contributed by atoms with E-state index in [-0.39, 0.29) is 17.1 Å². The Kier molecular flexibility index (Phi) is 5.83. The standard InChI is InChI=1S/C15H23F3N4OS/c1-8-6-5-7-11(9(8)2)19-12(23)10(3)24-14-21-20-13(22(14)4)15(16,17)18/h8-11H,5-7H2,1-4H3,(H,19,23)/t8-,9-,10-,11+/m1/s1. The SMILES string of the molecule is C[C@@H]1[C@H](C)CCC[C@@H]1NC(=O)[C@@H](C)Sc1nnc(C(F)(F)F)n1C. The summed E-state index contributed by atoms with van der Waals surface area (Å²) in [6.07, 6.45) is -1.37. The summed E-state index contributed by atoms with van der Waals surface area (Å²) >= 11 is 0.983. The fraction of sp³-hybridized carbons (Fsp3) is 0.800. The minimum Gasteiger partial charge on any atom is -0.352 e. The van der Waals surface area contributed by atoms with Crippen LogP contribution in [0.15, 0.2) is 5.16 Å². The molecular formula is C15H23F3N4OS. The zero-order chi connectivity index (χ0) is 18.1. The van der Waals surface area contributed by atoms with Crippen molar-refractivity contribution >= 4 is 17.7 Å². The van der Waals surface area contributed by atoms with Gasteiger partial charge in [-0.25, -0.2) is 0 Å². The first kappa shape index (κ1) is 19.1. The molecule has 1 aliphatic rings. The highest BCUT2D eigenvalue weighted by molar-refractivity contribution is 8.00. The van der Waals surface area contributed by atoms with Crippen molar-refractivity contribution < 1.29 is 18.0 Å². The Morgan fingerprint density at radius 1 is 1.33 bits per heavy atom. The van der Waals surface area contributed by atoms with Crippen LogP contribution in [-0.2, 0) is 18.0 Å². The fourth-order valence-electron chi connectivity index (χ4n) is 2.96. The molecule has 0 saturated heterocycles. The van der Waals surface area contributed by atoms with Crippen LogP contribution in [-0.4, -0.2) is 32.0 Å². The second-order valence-electron chi connectivity index (χ2n) is 6.51. The average molecular weight is 364 g/mol. The van der Waals surface area contributed by atoms with Gasteiger partial charge in [-0.15, -0.1) is 10.2 Å². The van der Waals surface area contributed by atoms with Gasteiger partial charge in [0.15, 0.2) is 5.16 Å². The molecule has 1 amide bonds. The summed E-state index contributed by atoms with van der Waals surface area (Å²) in [5.41, 5.74) is 0. The van der Waals surface area contributed by atoms with Gasteiger partial charge >= 0.3 is 6.18 Å². The third-order valence-electron chi connectivity index (χ3n) is 4.77. The molecular weight excluding hydrogens is 341 g/mol. The molecule has 0 unspecified atom stereocenters. The predicted octanol–water partition coefficient (Wildman–Crippen LogP) is 3.26. The molecule has 0 aromatic carbocycles. The van der Waals surface area contributed by atoms with Gasteiger partial charge in [-0.2, -0.15) is 13.2 Å². The van der Waals surface area contributed by atoms with Crippen molar-refractivity contribution in [3.8, 4) is 0 Å². The number of nitrogens with zero attached hydrogens (tertiary/aromatic N) is 3. The van der Waals surface area contributed by atoms with Crippen molar-refractivity contribution in [1.82, 2.24) is 20.1 Å². The van der Waals surface area contributed by atoms with Gasteiger partial charge in [0.25, 0.3) is 0 Å². The lowest BCUT2D eigenvalue weighted by Gasteiger charge is -2.35. The third kappa shape index (κ3) is 4.23. The molecule has 4 atom stereocenters. The number of halogens is 3. The molecule has 1 N–H and O–H groups in total. The Balaban J connectivity index is 1.98. The molecule has 0 bridgehead atoms. The smallest absolute Gasteiger partial charge is 0.352 e. The van der Waals surface area contributed by atoms with E-state index in [2.05, 4.69) is 29.4 Å². The maximum atomic E-state index is 12.7. The number of nitrogens with one attached hydrogen (secondary N) is 1. The number of rotatable bonds is 4. The van der Waals surface area contributed by atoms with Crippen molar-refractivity contribution in [3.05, 3.63) is 5.82 Å². The van der Waals surface area contributed by atoms with E-state index in [0.29, 0.717) is 11.8 Å². The molecule has 24 heavy (non-hydrogen) atoms. The number of hydrogen-bond donors (Lipinski definition) is 1. The Labute approximate surface area is 143 Å². The summed E-state index contributed by atoms with van der Waals surface area (Å²) in [5, 5.41) is 9.30. The Morgan fingerprint density at radius 2 is 2.00 bits per heavy atom. The van der Waals surface area contributed by atoms with E-state index in [0.717, 1.165) is 35.6 Å². The molecule has 2 rings (SSSR count). The molecule has 1 heterocycles. The summed E-state index contributed by atoms with van der Waals surface area (Å²) in [4.78, 5) is 12.4. The summed E-state index contributed by atoms with van der Waals surface area (Å²) < 4.78 is 39.1. The van der Waals surface area contributed by atoms with Gasteiger partial charge in [-0.3, -0.25) is 4.79 Å². The van der Waals surface area contributed by atoms with Crippen LogP contribution in [0.25, 0.3) is 0 Å². The molecule has 1 aromatic heterocycles. The summed E-state index contributed by atoms with van der Waals surface area (Å²) in [5.74, 6) is -0.290. The van der Waals surface area contributed by atoms with Crippen molar-refractivity contribution in [2.24, 2.45) is 18.9 Å². The second-order valence-corrected chi connectivity index (χ2v) is 7.81. The lowest BCUT2D eigenvalue weighted by molar-refractivity contribution is -0.147. The average Bonchev–Trinajstić information content (AvgIpc) is 2.85. The van der Waals surface area contributed by atoms with Crippen LogP contribution in [0.1, 0.15) is 45.9 Å². The van der Waals surface area contributed by atoms with E-state index < -0.39 is 17.3 Å². The molecule has 0 aliphatic heterocycles. The highest BCUT2D eigenvalue weighted by Gasteiger charge is 2.38. The first-order valence-corrected chi connectivity index (χ1v) is 8.92. The Morgan fingerprint density at radius 3 is 2.58 bits per heavy atom. The fourth-order valence-corrected chi connectivity index (χ4v) is 3.79. The first-order chi connectivity index (χ1) is 11.1. The Bertz CT molecular complexity index is 590. The van der Waals surface area contributed by atoms with Crippen molar-refractivity contribution in [2.45, 2.75) is 62.7 Å². The van der Waals surface area contributed by atoms with E-state index >= 15 is 0 Å². The monoisotopic (exact) mass is 364 g/mol.